The van der Waals surface area contributed by atoms with Crippen molar-refractivity contribution >= 4 is 17.4 Å². The summed E-state index contributed by atoms with van der Waals surface area (Å²) < 4.78 is 0. The Balaban J connectivity index is 1.64. The van der Waals surface area contributed by atoms with E-state index in [1.54, 1.807) is 24.5 Å². The maximum Gasteiger partial charge on any atom is 0.272 e. The minimum atomic E-state index is -0.269. The van der Waals surface area contributed by atoms with Crippen molar-refractivity contribution < 1.29 is 4.79 Å². The summed E-state index contributed by atoms with van der Waals surface area (Å²) in [7, 11) is 0. The third-order valence-electron chi connectivity index (χ3n) is 3.81. The molecule has 25 heavy (non-hydrogen) atoms. The molecule has 0 bridgehead atoms. The molecule has 6 nitrogen and oxygen atoms in total. The maximum atomic E-state index is 12.1. The van der Waals surface area contributed by atoms with E-state index >= 15 is 0 Å². The van der Waals surface area contributed by atoms with Gasteiger partial charge in [0.2, 0.25) is 0 Å². The number of carbonyl (C=O) groups excluding carboxylic acids is 1. The minimum absolute atomic E-state index is 0.269. The zero-order chi connectivity index (χ0) is 17.6. The van der Waals surface area contributed by atoms with E-state index in [1.165, 1.54) is 0 Å². The number of pyridine rings is 1. The van der Waals surface area contributed by atoms with E-state index in [1.807, 2.05) is 44.2 Å². The van der Waals surface area contributed by atoms with Crippen LogP contribution in [0.3, 0.4) is 0 Å². The number of aromatic nitrogens is 3. The average Bonchev–Trinajstić information content (AvgIpc) is 2.64. The Morgan fingerprint density at radius 3 is 2.44 bits per heavy atom. The fraction of sp³-hybridized carbons (Fsp3) is 0.158. The van der Waals surface area contributed by atoms with E-state index in [9.17, 15) is 4.79 Å². The molecule has 0 fully saturated rings. The van der Waals surface area contributed by atoms with Gasteiger partial charge in [-0.05, 0) is 48.7 Å². The van der Waals surface area contributed by atoms with Crippen LogP contribution in [0.2, 0.25) is 0 Å². The average molecular weight is 333 g/mol. The van der Waals surface area contributed by atoms with Gasteiger partial charge in [0.05, 0.1) is 0 Å². The van der Waals surface area contributed by atoms with Crippen LogP contribution in [0.1, 0.15) is 27.2 Å². The van der Waals surface area contributed by atoms with Gasteiger partial charge in [-0.25, -0.2) is 0 Å². The minimum Gasteiger partial charge on any atom is -0.347 e. The summed E-state index contributed by atoms with van der Waals surface area (Å²) in [6.07, 6.45) is 3.40. The number of anilines is 2. The van der Waals surface area contributed by atoms with Crippen LogP contribution in [-0.2, 0) is 6.54 Å². The van der Waals surface area contributed by atoms with Crippen molar-refractivity contribution in [1.29, 1.82) is 0 Å². The quantitative estimate of drug-likeness (QED) is 0.750. The lowest BCUT2D eigenvalue weighted by Gasteiger charge is -2.11. The molecular weight excluding hydrogens is 314 g/mol. The third kappa shape index (κ3) is 4.17. The van der Waals surface area contributed by atoms with Crippen LogP contribution in [0.25, 0.3) is 0 Å². The van der Waals surface area contributed by atoms with Crippen LogP contribution in [0, 0.1) is 13.8 Å². The summed E-state index contributed by atoms with van der Waals surface area (Å²) >= 11 is 0. The highest BCUT2D eigenvalue weighted by molar-refractivity contribution is 5.92. The molecule has 2 heterocycles. The zero-order valence-corrected chi connectivity index (χ0v) is 14.2. The molecule has 3 rings (SSSR count). The fourth-order valence-corrected chi connectivity index (χ4v) is 2.44. The Kier molecular flexibility index (Phi) is 4.99. The number of aryl methyl sites for hydroxylation is 2. The Hall–Kier alpha value is -3.28. The molecule has 126 valence electrons. The van der Waals surface area contributed by atoms with Gasteiger partial charge in [0.15, 0.2) is 11.5 Å². The first-order valence-electron chi connectivity index (χ1n) is 7.97. The number of nitrogens with zero attached hydrogens (tertiary/aromatic N) is 3. The van der Waals surface area contributed by atoms with E-state index in [2.05, 4.69) is 25.8 Å². The van der Waals surface area contributed by atoms with E-state index in [-0.39, 0.29) is 11.6 Å². The van der Waals surface area contributed by atoms with Gasteiger partial charge in [-0.15, -0.1) is 10.2 Å². The maximum absolute atomic E-state index is 12.1. The summed E-state index contributed by atoms with van der Waals surface area (Å²) in [5, 5.41) is 14.2. The smallest absolute Gasteiger partial charge is 0.272 e. The number of nitrogens with one attached hydrogen (secondary N) is 2. The first-order chi connectivity index (χ1) is 12.1. The Bertz CT molecular complexity index is 842. The van der Waals surface area contributed by atoms with Gasteiger partial charge in [0.25, 0.3) is 5.91 Å². The lowest BCUT2D eigenvalue weighted by atomic mass is 10.1. The summed E-state index contributed by atoms with van der Waals surface area (Å²) in [6.45, 7) is 4.46. The normalized spacial score (nSPS) is 10.3. The highest BCUT2D eigenvalue weighted by Crippen LogP contribution is 2.22. The van der Waals surface area contributed by atoms with Gasteiger partial charge in [0, 0.05) is 24.6 Å². The molecule has 6 heteroatoms. The summed E-state index contributed by atoms with van der Waals surface area (Å²) in [5.41, 5.74) is 4.46. The van der Waals surface area contributed by atoms with Crippen molar-refractivity contribution in [3.8, 4) is 0 Å². The number of hydrogen-bond acceptors (Lipinski definition) is 5. The molecule has 0 saturated carbocycles. The summed E-state index contributed by atoms with van der Waals surface area (Å²) in [5.74, 6) is 0.330. The van der Waals surface area contributed by atoms with Gasteiger partial charge in [0.1, 0.15) is 0 Å². The molecule has 0 aliphatic carbocycles. The second kappa shape index (κ2) is 7.53. The molecule has 1 amide bonds. The number of hydrogen-bond donors (Lipinski definition) is 2. The number of carbonyl (C=O) groups is 1. The van der Waals surface area contributed by atoms with Crippen molar-refractivity contribution in [2.75, 3.05) is 5.32 Å². The number of benzene rings is 1. The molecule has 0 atom stereocenters. The molecule has 0 unspecified atom stereocenters. The predicted octanol–water partition coefficient (Wildman–Crippen LogP) is 3.16. The van der Waals surface area contributed by atoms with Crippen LogP contribution in [0.5, 0.6) is 0 Å². The Morgan fingerprint density at radius 2 is 1.80 bits per heavy atom. The van der Waals surface area contributed by atoms with Gasteiger partial charge in [-0.2, -0.15) is 0 Å². The highest BCUT2D eigenvalue weighted by atomic mass is 16.1. The van der Waals surface area contributed by atoms with Crippen LogP contribution in [0.4, 0.5) is 11.5 Å². The molecule has 1 aromatic carbocycles. The lowest BCUT2D eigenvalue weighted by Crippen LogP contribution is -2.24. The van der Waals surface area contributed by atoms with Crippen molar-refractivity contribution in [2.45, 2.75) is 20.4 Å². The topological polar surface area (TPSA) is 79.8 Å². The fourth-order valence-electron chi connectivity index (χ4n) is 2.44. The zero-order valence-electron chi connectivity index (χ0n) is 14.2. The van der Waals surface area contributed by atoms with E-state index < -0.39 is 0 Å². The van der Waals surface area contributed by atoms with Gasteiger partial charge in [-0.1, -0.05) is 24.3 Å². The SMILES string of the molecule is Cc1cccc(C)c1Nc1ccc(C(=O)NCc2cccnc2)nn1. The van der Waals surface area contributed by atoms with Crippen LogP contribution >= 0.6 is 0 Å². The molecule has 2 aromatic heterocycles. The van der Waals surface area contributed by atoms with E-state index in [0.717, 1.165) is 22.4 Å². The van der Waals surface area contributed by atoms with Crippen LogP contribution in [-0.4, -0.2) is 21.1 Å². The molecule has 0 radical (unpaired) electrons. The van der Waals surface area contributed by atoms with Gasteiger partial charge >= 0.3 is 0 Å². The largest absolute Gasteiger partial charge is 0.347 e. The lowest BCUT2D eigenvalue weighted by molar-refractivity contribution is 0.0945. The van der Waals surface area contributed by atoms with Crippen molar-refractivity contribution in [3.63, 3.8) is 0 Å². The Labute approximate surface area is 146 Å². The predicted molar refractivity (Wildman–Crippen MR) is 96.6 cm³/mol. The van der Waals surface area contributed by atoms with Crippen molar-refractivity contribution in [3.05, 3.63) is 77.2 Å². The second-order valence-corrected chi connectivity index (χ2v) is 5.74. The molecule has 3 aromatic rings. The van der Waals surface area contributed by atoms with E-state index in [4.69, 9.17) is 0 Å². The molecule has 0 spiro atoms. The number of amides is 1. The molecule has 0 saturated heterocycles. The van der Waals surface area contributed by atoms with Gasteiger partial charge < -0.3 is 10.6 Å². The standard InChI is InChI=1S/C19H19N5O/c1-13-5-3-6-14(2)18(13)22-17-9-8-16(23-24-17)19(25)21-12-15-7-4-10-20-11-15/h3-11H,12H2,1-2H3,(H,21,25)(H,22,24). The second-order valence-electron chi connectivity index (χ2n) is 5.74. The van der Waals surface area contributed by atoms with Crippen molar-refractivity contribution in [1.82, 2.24) is 20.5 Å². The number of para-hydroxylation sites is 1. The first-order valence-corrected chi connectivity index (χ1v) is 7.97. The summed E-state index contributed by atoms with van der Waals surface area (Å²) in [6, 6.07) is 13.2. The van der Waals surface area contributed by atoms with E-state index in [0.29, 0.717) is 12.4 Å². The highest BCUT2D eigenvalue weighted by Gasteiger charge is 2.09. The van der Waals surface area contributed by atoms with Crippen LogP contribution in [0.15, 0.2) is 54.9 Å². The molecule has 0 aliphatic rings. The first kappa shape index (κ1) is 16.6. The molecule has 0 aliphatic heterocycles. The van der Waals surface area contributed by atoms with Gasteiger partial charge in [-0.3, -0.25) is 9.78 Å². The third-order valence-corrected chi connectivity index (χ3v) is 3.81. The summed E-state index contributed by atoms with van der Waals surface area (Å²) in [4.78, 5) is 16.2. The Morgan fingerprint density at radius 1 is 1.00 bits per heavy atom. The monoisotopic (exact) mass is 333 g/mol. The molecule has 2 N–H and O–H groups in total. The molecular formula is C19H19N5O. The number of rotatable bonds is 5. The van der Waals surface area contributed by atoms with Crippen LogP contribution < -0.4 is 10.6 Å². The van der Waals surface area contributed by atoms with Crippen molar-refractivity contribution in [2.24, 2.45) is 0 Å².